The molecular formula is C11H25NO2. The maximum absolute atomic E-state index is 5.66. The van der Waals surface area contributed by atoms with E-state index in [0.717, 1.165) is 19.4 Å². The molecule has 3 heteroatoms. The minimum absolute atomic E-state index is 0.0912. The predicted molar refractivity (Wildman–Crippen MR) is 59.7 cm³/mol. The van der Waals surface area contributed by atoms with E-state index in [9.17, 15) is 0 Å². The molecule has 14 heavy (non-hydrogen) atoms. The molecule has 0 aliphatic rings. The summed E-state index contributed by atoms with van der Waals surface area (Å²) in [6, 6.07) is 0.275. The van der Waals surface area contributed by atoms with Crippen molar-refractivity contribution in [1.82, 2.24) is 5.32 Å². The molecule has 0 spiro atoms. The molecule has 0 heterocycles. The van der Waals surface area contributed by atoms with E-state index in [0.29, 0.717) is 6.61 Å². The highest BCUT2D eigenvalue weighted by atomic mass is 16.5. The molecule has 0 aromatic rings. The van der Waals surface area contributed by atoms with E-state index < -0.39 is 0 Å². The first-order valence-electron chi connectivity index (χ1n) is 5.48. The second-order valence-corrected chi connectivity index (χ2v) is 3.54. The van der Waals surface area contributed by atoms with Gasteiger partial charge in [0, 0.05) is 14.2 Å². The summed E-state index contributed by atoms with van der Waals surface area (Å²) in [6.45, 7) is 8.07. The number of hydrogen-bond donors (Lipinski definition) is 1. The zero-order valence-electron chi connectivity index (χ0n) is 10.2. The first kappa shape index (κ1) is 13.9. The molecule has 0 aliphatic heterocycles. The van der Waals surface area contributed by atoms with E-state index in [2.05, 4.69) is 26.1 Å². The van der Waals surface area contributed by atoms with Crippen LogP contribution in [0.25, 0.3) is 0 Å². The van der Waals surface area contributed by atoms with Gasteiger partial charge >= 0.3 is 0 Å². The van der Waals surface area contributed by atoms with Gasteiger partial charge in [-0.25, -0.2) is 0 Å². The van der Waals surface area contributed by atoms with E-state index >= 15 is 0 Å². The quantitative estimate of drug-likeness (QED) is 0.652. The van der Waals surface area contributed by atoms with Crippen molar-refractivity contribution < 1.29 is 9.47 Å². The molecule has 1 N–H and O–H groups in total. The number of ether oxygens (including phenoxy) is 2. The van der Waals surface area contributed by atoms with Crippen LogP contribution in [-0.2, 0) is 9.47 Å². The first-order chi connectivity index (χ1) is 6.70. The maximum atomic E-state index is 5.66. The smallest absolute Gasteiger partial charge is 0.0848 e. The van der Waals surface area contributed by atoms with Gasteiger partial charge in [-0.05, 0) is 19.4 Å². The van der Waals surface area contributed by atoms with Crippen molar-refractivity contribution in [2.75, 3.05) is 27.4 Å². The van der Waals surface area contributed by atoms with E-state index in [4.69, 9.17) is 9.47 Å². The second-order valence-electron chi connectivity index (χ2n) is 3.54. The molecule has 0 aliphatic carbocycles. The first-order valence-corrected chi connectivity index (χ1v) is 5.48. The minimum Gasteiger partial charge on any atom is -0.383 e. The summed E-state index contributed by atoms with van der Waals surface area (Å²) >= 11 is 0. The van der Waals surface area contributed by atoms with Gasteiger partial charge in [0.15, 0.2) is 0 Å². The molecule has 3 nitrogen and oxygen atoms in total. The molecule has 0 fully saturated rings. The van der Waals surface area contributed by atoms with Gasteiger partial charge in [-0.1, -0.05) is 20.8 Å². The summed E-state index contributed by atoms with van der Waals surface area (Å²) in [5.74, 6) is 0. The number of rotatable bonds is 8. The Morgan fingerprint density at radius 3 is 2.00 bits per heavy atom. The molecule has 1 atom stereocenters. The Hall–Kier alpha value is -0.120. The summed E-state index contributed by atoms with van der Waals surface area (Å²) in [5.41, 5.74) is -0.0912. The number of nitrogens with one attached hydrogen (secondary N) is 1. The molecule has 0 aromatic heterocycles. The second kappa shape index (κ2) is 7.21. The fraction of sp³-hybridized carbons (Fsp3) is 1.00. The SMILES string of the molecule is CCNC(COC)C(CC)(CC)OC. The lowest BCUT2D eigenvalue weighted by atomic mass is 9.88. The molecule has 0 bridgehead atoms. The predicted octanol–water partition coefficient (Wildman–Crippen LogP) is 1.82. The van der Waals surface area contributed by atoms with Crippen molar-refractivity contribution in [1.29, 1.82) is 0 Å². The van der Waals surface area contributed by atoms with Gasteiger partial charge in [0.25, 0.3) is 0 Å². The summed E-state index contributed by atoms with van der Waals surface area (Å²) < 4.78 is 10.9. The zero-order valence-corrected chi connectivity index (χ0v) is 10.2. The Morgan fingerprint density at radius 2 is 1.71 bits per heavy atom. The topological polar surface area (TPSA) is 30.5 Å². The third-order valence-corrected chi connectivity index (χ3v) is 3.02. The van der Waals surface area contributed by atoms with E-state index in [-0.39, 0.29) is 11.6 Å². The van der Waals surface area contributed by atoms with Crippen molar-refractivity contribution >= 4 is 0 Å². The summed E-state index contributed by atoms with van der Waals surface area (Å²) in [4.78, 5) is 0. The van der Waals surface area contributed by atoms with Crippen LogP contribution in [0.3, 0.4) is 0 Å². The highest BCUT2D eigenvalue weighted by molar-refractivity contribution is 4.91. The Kier molecular flexibility index (Phi) is 7.15. The molecule has 0 radical (unpaired) electrons. The van der Waals surface area contributed by atoms with Crippen LogP contribution in [0.15, 0.2) is 0 Å². The number of hydrogen-bond acceptors (Lipinski definition) is 3. The van der Waals surface area contributed by atoms with Crippen molar-refractivity contribution in [2.24, 2.45) is 0 Å². The molecule has 0 saturated carbocycles. The standard InChI is InChI=1S/C11H25NO2/c1-6-11(7-2,14-5)10(9-13-4)12-8-3/h10,12H,6-9H2,1-5H3. The van der Waals surface area contributed by atoms with Crippen molar-refractivity contribution in [3.05, 3.63) is 0 Å². The van der Waals surface area contributed by atoms with Gasteiger partial charge in [0.2, 0.25) is 0 Å². The van der Waals surface area contributed by atoms with Crippen LogP contribution in [0, 0.1) is 0 Å². The van der Waals surface area contributed by atoms with Gasteiger partial charge in [-0.15, -0.1) is 0 Å². The fourth-order valence-electron chi connectivity index (χ4n) is 1.98. The van der Waals surface area contributed by atoms with Crippen molar-refractivity contribution in [3.8, 4) is 0 Å². The molecule has 1 unspecified atom stereocenters. The van der Waals surface area contributed by atoms with Gasteiger partial charge < -0.3 is 14.8 Å². The molecular weight excluding hydrogens is 178 g/mol. The van der Waals surface area contributed by atoms with Crippen molar-refractivity contribution in [3.63, 3.8) is 0 Å². The van der Waals surface area contributed by atoms with Gasteiger partial charge in [0.1, 0.15) is 0 Å². The normalized spacial score (nSPS) is 14.4. The molecule has 0 amide bonds. The Morgan fingerprint density at radius 1 is 1.14 bits per heavy atom. The van der Waals surface area contributed by atoms with Gasteiger partial charge in [-0.2, -0.15) is 0 Å². The van der Waals surface area contributed by atoms with Crippen LogP contribution in [-0.4, -0.2) is 39.0 Å². The fourth-order valence-corrected chi connectivity index (χ4v) is 1.98. The highest BCUT2D eigenvalue weighted by Gasteiger charge is 2.35. The molecule has 0 saturated heterocycles. The summed E-state index contributed by atoms with van der Waals surface area (Å²) in [6.07, 6.45) is 2.00. The molecule has 0 aromatic carbocycles. The Balaban J connectivity index is 4.52. The lowest BCUT2D eigenvalue weighted by molar-refractivity contribution is -0.0643. The van der Waals surface area contributed by atoms with Crippen LogP contribution < -0.4 is 5.32 Å². The van der Waals surface area contributed by atoms with E-state index in [1.807, 2.05) is 0 Å². The largest absolute Gasteiger partial charge is 0.383 e. The number of likely N-dealkylation sites (N-methyl/N-ethyl adjacent to an activating group) is 1. The van der Waals surface area contributed by atoms with Gasteiger partial charge in [0.05, 0.1) is 18.2 Å². The van der Waals surface area contributed by atoms with Crippen LogP contribution in [0.4, 0.5) is 0 Å². The third-order valence-electron chi connectivity index (χ3n) is 3.02. The highest BCUT2D eigenvalue weighted by Crippen LogP contribution is 2.24. The monoisotopic (exact) mass is 203 g/mol. The number of methoxy groups -OCH3 is 2. The molecule has 0 rings (SSSR count). The molecule has 86 valence electrons. The van der Waals surface area contributed by atoms with E-state index in [1.54, 1.807) is 14.2 Å². The third kappa shape index (κ3) is 3.23. The van der Waals surface area contributed by atoms with Crippen LogP contribution in [0.1, 0.15) is 33.6 Å². The Bertz CT molecular complexity index is 121. The average molecular weight is 203 g/mol. The van der Waals surface area contributed by atoms with Crippen LogP contribution in [0.5, 0.6) is 0 Å². The van der Waals surface area contributed by atoms with Crippen molar-refractivity contribution in [2.45, 2.75) is 45.3 Å². The lowest BCUT2D eigenvalue weighted by Gasteiger charge is -2.38. The summed E-state index contributed by atoms with van der Waals surface area (Å²) in [5, 5.41) is 3.43. The lowest BCUT2D eigenvalue weighted by Crippen LogP contribution is -2.53. The van der Waals surface area contributed by atoms with Crippen LogP contribution in [0.2, 0.25) is 0 Å². The van der Waals surface area contributed by atoms with E-state index in [1.165, 1.54) is 0 Å². The van der Waals surface area contributed by atoms with Crippen LogP contribution >= 0.6 is 0 Å². The average Bonchev–Trinajstić information content (AvgIpc) is 2.22. The Labute approximate surface area is 88.2 Å². The minimum atomic E-state index is -0.0912. The maximum Gasteiger partial charge on any atom is 0.0848 e. The van der Waals surface area contributed by atoms with Gasteiger partial charge in [-0.3, -0.25) is 0 Å². The summed E-state index contributed by atoms with van der Waals surface area (Å²) in [7, 11) is 3.52. The zero-order chi connectivity index (χ0) is 11.0.